The van der Waals surface area contributed by atoms with Gasteiger partial charge >= 0.3 is 0 Å². The highest BCUT2D eigenvalue weighted by Gasteiger charge is 2.04. The van der Waals surface area contributed by atoms with Crippen molar-refractivity contribution in [3.8, 4) is 0 Å². The molecule has 0 fully saturated rings. The Bertz CT molecular complexity index is 294. The van der Waals surface area contributed by atoms with E-state index in [1.165, 1.54) is 5.56 Å². The largest absolute Gasteiger partial charge is 0.330 e. The second-order valence-corrected chi connectivity index (χ2v) is 3.26. The summed E-state index contributed by atoms with van der Waals surface area (Å²) in [5.41, 5.74) is 8.42. The first-order valence-electron chi connectivity index (χ1n) is 4.67. The van der Waals surface area contributed by atoms with E-state index in [1.54, 1.807) is 6.07 Å². The molecule has 1 aromatic carbocycles. The smallest absolute Gasteiger partial charge is 0.126 e. The lowest BCUT2D eigenvalue weighted by molar-refractivity contribution is 0.609. The highest BCUT2D eigenvalue weighted by Crippen LogP contribution is 2.16. The minimum atomic E-state index is -0.0965. The van der Waals surface area contributed by atoms with Crippen molar-refractivity contribution in [2.45, 2.75) is 26.7 Å². The van der Waals surface area contributed by atoms with Gasteiger partial charge in [-0.05, 0) is 49.1 Å². The van der Waals surface area contributed by atoms with Crippen LogP contribution in [0.4, 0.5) is 4.39 Å². The van der Waals surface area contributed by atoms with Crippen molar-refractivity contribution in [2.75, 3.05) is 6.54 Å². The lowest BCUT2D eigenvalue weighted by Gasteiger charge is -2.07. The predicted molar refractivity (Wildman–Crippen MR) is 53.3 cm³/mol. The Morgan fingerprint density at radius 3 is 2.54 bits per heavy atom. The predicted octanol–water partition coefficient (Wildman–Crippen LogP) is 2.20. The number of hydrogen-bond donors (Lipinski definition) is 1. The summed E-state index contributed by atoms with van der Waals surface area (Å²) in [6, 6.07) is 3.53. The normalized spacial score (nSPS) is 10.5. The van der Waals surface area contributed by atoms with Gasteiger partial charge in [-0.15, -0.1) is 0 Å². The summed E-state index contributed by atoms with van der Waals surface area (Å²) in [6.07, 6.45) is 1.57. The second-order valence-electron chi connectivity index (χ2n) is 3.26. The molecular weight excluding hydrogens is 165 g/mol. The van der Waals surface area contributed by atoms with Crippen LogP contribution in [0.15, 0.2) is 12.1 Å². The number of aryl methyl sites for hydroxylation is 2. The Balaban J connectivity index is 3.06. The third-order valence-electron chi connectivity index (χ3n) is 2.30. The second kappa shape index (κ2) is 4.38. The summed E-state index contributed by atoms with van der Waals surface area (Å²) in [5, 5.41) is 0. The Hall–Kier alpha value is -0.890. The Kier molecular flexibility index (Phi) is 3.43. The van der Waals surface area contributed by atoms with Gasteiger partial charge in [0.15, 0.2) is 0 Å². The molecule has 0 atom stereocenters. The summed E-state index contributed by atoms with van der Waals surface area (Å²) in [7, 11) is 0. The lowest BCUT2D eigenvalue weighted by Crippen LogP contribution is -2.05. The van der Waals surface area contributed by atoms with Gasteiger partial charge < -0.3 is 5.73 Å². The first kappa shape index (κ1) is 10.2. The third kappa shape index (κ3) is 2.28. The van der Waals surface area contributed by atoms with Crippen LogP contribution in [0.1, 0.15) is 23.6 Å². The van der Waals surface area contributed by atoms with Crippen LogP contribution in [-0.2, 0) is 12.8 Å². The van der Waals surface area contributed by atoms with E-state index in [0.29, 0.717) is 6.54 Å². The van der Waals surface area contributed by atoms with E-state index in [1.807, 2.05) is 19.9 Å². The van der Waals surface area contributed by atoms with Crippen molar-refractivity contribution >= 4 is 0 Å². The molecule has 1 nitrogen and oxygen atoms in total. The summed E-state index contributed by atoms with van der Waals surface area (Å²) in [5.74, 6) is -0.0965. The first-order chi connectivity index (χ1) is 6.19. The zero-order chi connectivity index (χ0) is 9.84. The Morgan fingerprint density at radius 2 is 2.00 bits per heavy atom. The van der Waals surface area contributed by atoms with E-state index < -0.39 is 0 Å². The van der Waals surface area contributed by atoms with Crippen molar-refractivity contribution in [2.24, 2.45) is 5.73 Å². The topological polar surface area (TPSA) is 26.0 Å². The lowest BCUT2D eigenvalue weighted by atomic mass is 10.0. The SMILES string of the molecule is CCc1cc(CCN)c(C)cc1F. The van der Waals surface area contributed by atoms with E-state index in [-0.39, 0.29) is 5.82 Å². The highest BCUT2D eigenvalue weighted by atomic mass is 19.1. The van der Waals surface area contributed by atoms with Crippen LogP contribution < -0.4 is 5.73 Å². The summed E-state index contributed by atoms with van der Waals surface area (Å²) < 4.78 is 13.2. The van der Waals surface area contributed by atoms with Crippen LogP contribution in [-0.4, -0.2) is 6.54 Å². The van der Waals surface area contributed by atoms with Crippen LogP contribution in [0.2, 0.25) is 0 Å². The molecule has 0 aliphatic heterocycles. The van der Waals surface area contributed by atoms with Crippen LogP contribution in [0.3, 0.4) is 0 Å². The van der Waals surface area contributed by atoms with Crippen LogP contribution in [0.5, 0.6) is 0 Å². The summed E-state index contributed by atoms with van der Waals surface area (Å²) in [4.78, 5) is 0. The maximum atomic E-state index is 13.2. The van der Waals surface area contributed by atoms with Gasteiger partial charge in [0.2, 0.25) is 0 Å². The zero-order valence-electron chi connectivity index (χ0n) is 8.23. The zero-order valence-corrected chi connectivity index (χ0v) is 8.23. The first-order valence-corrected chi connectivity index (χ1v) is 4.67. The molecule has 2 N–H and O–H groups in total. The van der Waals surface area contributed by atoms with Crippen LogP contribution in [0.25, 0.3) is 0 Å². The highest BCUT2D eigenvalue weighted by molar-refractivity contribution is 5.32. The molecule has 0 radical (unpaired) electrons. The van der Waals surface area contributed by atoms with Crippen LogP contribution >= 0.6 is 0 Å². The number of rotatable bonds is 3. The maximum Gasteiger partial charge on any atom is 0.126 e. The number of benzene rings is 1. The summed E-state index contributed by atoms with van der Waals surface area (Å²) >= 11 is 0. The molecule has 0 saturated heterocycles. The molecule has 0 spiro atoms. The van der Waals surface area contributed by atoms with Gasteiger partial charge in [0, 0.05) is 0 Å². The number of hydrogen-bond acceptors (Lipinski definition) is 1. The van der Waals surface area contributed by atoms with Gasteiger partial charge in [0.1, 0.15) is 5.82 Å². The van der Waals surface area contributed by atoms with Crippen molar-refractivity contribution in [3.63, 3.8) is 0 Å². The molecule has 0 heterocycles. The molecule has 72 valence electrons. The molecule has 0 aliphatic rings. The Morgan fingerprint density at radius 1 is 1.31 bits per heavy atom. The van der Waals surface area contributed by atoms with E-state index in [0.717, 1.165) is 24.0 Å². The molecule has 0 aromatic heterocycles. The fourth-order valence-corrected chi connectivity index (χ4v) is 1.46. The van der Waals surface area contributed by atoms with Crippen molar-refractivity contribution in [1.29, 1.82) is 0 Å². The van der Waals surface area contributed by atoms with Crippen LogP contribution in [0, 0.1) is 12.7 Å². The number of halogens is 1. The maximum absolute atomic E-state index is 13.2. The molecule has 1 rings (SSSR count). The fourth-order valence-electron chi connectivity index (χ4n) is 1.46. The molecule has 0 unspecified atom stereocenters. The summed E-state index contributed by atoms with van der Waals surface area (Å²) in [6.45, 7) is 4.50. The van der Waals surface area contributed by atoms with Gasteiger partial charge in [-0.25, -0.2) is 4.39 Å². The van der Waals surface area contributed by atoms with E-state index in [2.05, 4.69) is 0 Å². The molecule has 1 aromatic rings. The monoisotopic (exact) mass is 181 g/mol. The van der Waals surface area contributed by atoms with Crippen molar-refractivity contribution in [1.82, 2.24) is 0 Å². The average molecular weight is 181 g/mol. The van der Waals surface area contributed by atoms with E-state index in [9.17, 15) is 4.39 Å². The molecule has 0 aliphatic carbocycles. The molecular formula is C11H16FN. The molecule has 0 amide bonds. The average Bonchev–Trinajstić information content (AvgIpc) is 2.10. The van der Waals surface area contributed by atoms with Gasteiger partial charge in [-0.1, -0.05) is 13.0 Å². The quantitative estimate of drug-likeness (QED) is 0.760. The molecule has 0 bridgehead atoms. The molecule has 13 heavy (non-hydrogen) atoms. The van der Waals surface area contributed by atoms with Crippen molar-refractivity contribution < 1.29 is 4.39 Å². The fraction of sp³-hybridized carbons (Fsp3) is 0.455. The van der Waals surface area contributed by atoms with Gasteiger partial charge in [-0.3, -0.25) is 0 Å². The molecule has 2 heteroatoms. The Labute approximate surface area is 78.8 Å². The van der Waals surface area contributed by atoms with E-state index >= 15 is 0 Å². The third-order valence-corrected chi connectivity index (χ3v) is 2.30. The van der Waals surface area contributed by atoms with Gasteiger partial charge in [0.05, 0.1) is 0 Å². The number of nitrogens with two attached hydrogens (primary N) is 1. The standard InChI is InChI=1S/C11H16FN/c1-3-9-7-10(4-5-13)8(2)6-11(9)12/h6-7H,3-5,13H2,1-2H3. The van der Waals surface area contributed by atoms with Gasteiger partial charge in [-0.2, -0.15) is 0 Å². The minimum absolute atomic E-state index is 0.0965. The molecule has 0 saturated carbocycles. The minimum Gasteiger partial charge on any atom is -0.330 e. The van der Waals surface area contributed by atoms with Gasteiger partial charge in [0.25, 0.3) is 0 Å². The van der Waals surface area contributed by atoms with E-state index in [4.69, 9.17) is 5.73 Å². The van der Waals surface area contributed by atoms with Crippen molar-refractivity contribution in [3.05, 3.63) is 34.6 Å².